The summed E-state index contributed by atoms with van der Waals surface area (Å²) in [5, 5.41) is 15.7. The zero-order valence-corrected chi connectivity index (χ0v) is 11.4. The van der Waals surface area contributed by atoms with Crippen LogP contribution < -0.4 is 4.90 Å². The second-order valence-corrected chi connectivity index (χ2v) is 4.35. The van der Waals surface area contributed by atoms with E-state index in [-0.39, 0.29) is 11.7 Å². The van der Waals surface area contributed by atoms with Crippen molar-refractivity contribution in [3.63, 3.8) is 0 Å². The first kappa shape index (κ1) is 13.7. The number of aromatic nitrogens is 3. The Balaban J connectivity index is 2.26. The second-order valence-electron chi connectivity index (χ2n) is 4.35. The van der Waals surface area contributed by atoms with E-state index in [1.807, 2.05) is 6.92 Å². The largest absolute Gasteiger partial charge is 0.307 e. The number of rotatable bonds is 4. The monoisotopic (exact) mass is 269 g/mol. The number of nitrogens with one attached hydrogen (secondary N) is 1. The molecular weight excluding hydrogens is 254 g/mol. The number of H-pyrrole nitrogens is 1. The second kappa shape index (κ2) is 5.97. The summed E-state index contributed by atoms with van der Waals surface area (Å²) in [5.74, 6) is 0.466. The fourth-order valence-electron chi connectivity index (χ4n) is 1.86. The molecule has 0 saturated heterocycles. The molecule has 0 aliphatic heterocycles. The zero-order valence-electron chi connectivity index (χ0n) is 11.4. The summed E-state index contributed by atoms with van der Waals surface area (Å²) in [7, 11) is 1.61. The van der Waals surface area contributed by atoms with E-state index >= 15 is 0 Å². The molecule has 1 aromatic carbocycles. The highest BCUT2D eigenvalue weighted by molar-refractivity contribution is 6.03. The van der Waals surface area contributed by atoms with E-state index in [0.717, 1.165) is 12.8 Å². The highest BCUT2D eigenvalue weighted by atomic mass is 16.2. The van der Waals surface area contributed by atoms with Gasteiger partial charge < -0.3 is 4.90 Å². The van der Waals surface area contributed by atoms with E-state index in [0.29, 0.717) is 17.1 Å². The van der Waals surface area contributed by atoms with Gasteiger partial charge in [0.25, 0.3) is 5.91 Å². The summed E-state index contributed by atoms with van der Waals surface area (Å²) >= 11 is 0. The van der Waals surface area contributed by atoms with Crippen molar-refractivity contribution >= 4 is 11.6 Å². The van der Waals surface area contributed by atoms with Gasteiger partial charge in [-0.2, -0.15) is 5.26 Å². The summed E-state index contributed by atoms with van der Waals surface area (Å²) in [5.41, 5.74) is 0.981. The van der Waals surface area contributed by atoms with Crippen LogP contribution in [0.2, 0.25) is 0 Å². The lowest BCUT2D eigenvalue weighted by molar-refractivity contribution is 0.0983. The van der Waals surface area contributed by atoms with Gasteiger partial charge in [0.15, 0.2) is 0 Å². The van der Waals surface area contributed by atoms with Crippen molar-refractivity contribution in [2.45, 2.75) is 19.8 Å². The normalized spacial score (nSPS) is 10.1. The minimum atomic E-state index is -0.341. The van der Waals surface area contributed by atoms with Gasteiger partial charge in [-0.05, 0) is 18.6 Å². The van der Waals surface area contributed by atoms with Crippen molar-refractivity contribution < 1.29 is 4.79 Å². The lowest BCUT2D eigenvalue weighted by Crippen LogP contribution is -2.28. The number of aromatic amines is 1. The molecule has 6 heteroatoms. The molecule has 6 nitrogen and oxygen atoms in total. The quantitative estimate of drug-likeness (QED) is 0.918. The molecule has 1 amide bonds. The number of aryl methyl sites for hydroxylation is 1. The van der Waals surface area contributed by atoms with Gasteiger partial charge in [0.05, 0.1) is 11.3 Å². The van der Waals surface area contributed by atoms with Crippen LogP contribution in [0.4, 0.5) is 5.69 Å². The maximum atomic E-state index is 12.3. The number of nitrogens with zero attached hydrogens (tertiary/aromatic N) is 4. The Labute approximate surface area is 117 Å². The molecule has 2 rings (SSSR count). The number of anilines is 1. The van der Waals surface area contributed by atoms with Gasteiger partial charge >= 0.3 is 0 Å². The Bertz CT molecular complexity index is 656. The van der Waals surface area contributed by atoms with Crippen LogP contribution in [-0.2, 0) is 6.42 Å². The molecule has 1 heterocycles. The molecule has 0 spiro atoms. The van der Waals surface area contributed by atoms with Crippen LogP contribution in [-0.4, -0.2) is 28.1 Å². The number of amides is 1. The van der Waals surface area contributed by atoms with Gasteiger partial charge in [0, 0.05) is 13.5 Å². The van der Waals surface area contributed by atoms with Crippen molar-refractivity contribution in [3.05, 3.63) is 41.5 Å². The molecule has 0 saturated carbocycles. The first-order valence-corrected chi connectivity index (χ1v) is 6.35. The number of carbonyl (C=O) groups excluding carboxylic acids is 1. The minimum absolute atomic E-state index is 0.115. The lowest BCUT2D eigenvalue weighted by atomic mass is 10.2. The van der Waals surface area contributed by atoms with Crippen molar-refractivity contribution in [3.8, 4) is 6.07 Å². The van der Waals surface area contributed by atoms with Crippen LogP contribution in [0.3, 0.4) is 0 Å². The van der Waals surface area contributed by atoms with Gasteiger partial charge in [-0.15, -0.1) is 5.10 Å². The summed E-state index contributed by atoms with van der Waals surface area (Å²) < 4.78 is 0. The Morgan fingerprint density at radius 1 is 1.45 bits per heavy atom. The number of hydrogen-bond acceptors (Lipinski definition) is 4. The minimum Gasteiger partial charge on any atom is -0.307 e. The average Bonchev–Trinajstić information content (AvgIpc) is 2.94. The van der Waals surface area contributed by atoms with E-state index in [1.54, 1.807) is 31.3 Å². The van der Waals surface area contributed by atoms with Crippen molar-refractivity contribution in [2.24, 2.45) is 0 Å². The molecule has 2 aromatic rings. The number of nitriles is 1. The van der Waals surface area contributed by atoms with Crippen LogP contribution in [0, 0.1) is 11.3 Å². The van der Waals surface area contributed by atoms with Crippen LogP contribution in [0.5, 0.6) is 0 Å². The molecule has 102 valence electrons. The van der Waals surface area contributed by atoms with Crippen LogP contribution in [0.1, 0.15) is 35.4 Å². The highest BCUT2D eigenvalue weighted by Gasteiger charge is 2.20. The van der Waals surface area contributed by atoms with Gasteiger partial charge in [-0.25, -0.2) is 4.98 Å². The van der Waals surface area contributed by atoms with Crippen molar-refractivity contribution in [1.82, 2.24) is 15.2 Å². The lowest BCUT2D eigenvalue weighted by Gasteiger charge is -2.16. The molecule has 20 heavy (non-hydrogen) atoms. The van der Waals surface area contributed by atoms with Gasteiger partial charge in [-0.3, -0.25) is 9.89 Å². The van der Waals surface area contributed by atoms with E-state index in [4.69, 9.17) is 5.26 Å². The molecular formula is C14H15N5O. The zero-order chi connectivity index (χ0) is 14.5. The van der Waals surface area contributed by atoms with Crippen molar-refractivity contribution in [1.29, 1.82) is 5.26 Å². The van der Waals surface area contributed by atoms with Crippen LogP contribution in [0.15, 0.2) is 24.3 Å². The fourth-order valence-corrected chi connectivity index (χ4v) is 1.86. The Morgan fingerprint density at radius 3 is 2.90 bits per heavy atom. The molecule has 1 N–H and O–H groups in total. The molecule has 0 atom stereocenters. The predicted octanol–water partition coefficient (Wildman–Crippen LogP) is 1.91. The Morgan fingerprint density at radius 2 is 2.20 bits per heavy atom. The average molecular weight is 269 g/mol. The third-order valence-corrected chi connectivity index (χ3v) is 2.90. The van der Waals surface area contributed by atoms with Crippen LogP contribution >= 0.6 is 0 Å². The molecule has 0 unspecified atom stereocenters. The van der Waals surface area contributed by atoms with E-state index in [1.165, 1.54) is 4.90 Å². The Kier molecular flexibility index (Phi) is 4.11. The van der Waals surface area contributed by atoms with Gasteiger partial charge in [0.2, 0.25) is 5.82 Å². The highest BCUT2D eigenvalue weighted by Crippen LogP contribution is 2.19. The SMILES string of the molecule is CCCc1nc(C(=O)N(C)c2ccccc2C#N)n[nH]1. The van der Waals surface area contributed by atoms with E-state index in [9.17, 15) is 4.79 Å². The maximum absolute atomic E-state index is 12.3. The third kappa shape index (κ3) is 2.67. The smallest absolute Gasteiger partial charge is 0.297 e. The Hall–Kier alpha value is -2.68. The van der Waals surface area contributed by atoms with Gasteiger partial charge in [-0.1, -0.05) is 19.1 Å². The summed E-state index contributed by atoms with van der Waals surface area (Å²) in [6.45, 7) is 2.03. The summed E-state index contributed by atoms with van der Waals surface area (Å²) in [6.07, 6.45) is 1.68. The molecule has 0 aliphatic carbocycles. The van der Waals surface area contributed by atoms with Gasteiger partial charge in [0.1, 0.15) is 11.9 Å². The van der Waals surface area contributed by atoms with Crippen LogP contribution in [0.25, 0.3) is 0 Å². The number of carbonyl (C=O) groups is 1. The standard InChI is InChI=1S/C14H15N5O/c1-3-6-12-16-13(18-17-12)14(20)19(2)11-8-5-4-7-10(11)9-15/h4-5,7-8H,3,6H2,1-2H3,(H,16,17,18). The molecule has 0 radical (unpaired) electrons. The van der Waals surface area contributed by atoms with E-state index in [2.05, 4.69) is 21.3 Å². The topological polar surface area (TPSA) is 85.7 Å². The third-order valence-electron chi connectivity index (χ3n) is 2.90. The number of benzene rings is 1. The van der Waals surface area contributed by atoms with Crippen molar-refractivity contribution in [2.75, 3.05) is 11.9 Å². The van der Waals surface area contributed by atoms with E-state index < -0.39 is 0 Å². The first-order chi connectivity index (χ1) is 9.67. The predicted molar refractivity (Wildman–Crippen MR) is 74.3 cm³/mol. The summed E-state index contributed by atoms with van der Waals surface area (Å²) in [4.78, 5) is 17.8. The number of hydrogen-bond donors (Lipinski definition) is 1. The summed E-state index contributed by atoms with van der Waals surface area (Å²) in [6, 6.07) is 8.99. The first-order valence-electron chi connectivity index (χ1n) is 6.35. The maximum Gasteiger partial charge on any atom is 0.297 e. The molecule has 1 aromatic heterocycles. The molecule has 0 aliphatic rings. The molecule has 0 fully saturated rings. The number of para-hydroxylation sites is 1. The molecule has 0 bridgehead atoms. The fraction of sp³-hybridized carbons (Fsp3) is 0.286.